The first-order chi connectivity index (χ1) is 7.69. The molecule has 1 saturated heterocycles. The molecule has 1 aromatic heterocycles. The predicted molar refractivity (Wildman–Crippen MR) is 65.2 cm³/mol. The fraction of sp³-hybridized carbons (Fsp3) is 0.727. The van der Waals surface area contributed by atoms with Crippen molar-refractivity contribution >= 4 is 11.3 Å². The molecular formula is C11H19N3OS. The fourth-order valence-electron chi connectivity index (χ4n) is 2.15. The Morgan fingerprint density at radius 3 is 3.00 bits per heavy atom. The van der Waals surface area contributed by atoms with Gasteiger partial charge in [0.2, 0.25) is 0 Å². The SMILES string of the molecule is Cc1nc(CC(NN)C2CCC(C)O2)cs1. The van der Waals surface area contributed by atoms with Crippen LogP contribution in [0, 0.1) is 6.92 Å². The van der Waals surface area contributed by atoms with Crippen molar-refractivity contribution in [2.45, 2.75) is 51.4 Å². The molecule has 1 aliphatic rings. The third-order valence-corrected chi connectivity index (χ3v) is 3.85. The van der Waals surface area contributed by atoms with Crippen molar-refractivity contribution in [3.05, 3.63) is 16.1 Å². The Morgan fingerprint density at radius 2 is 2.50 bits per heavy atom. The van der Waals surface area contributed by atoms with Gasteiger partial charge in [0.25, 0.3) is 0 Å². The van der Waals surface area contributed by atoms with Gasteiger partial charge in [0.1, 0.15) is 0 Å². The molecule has 90 valence electrons. The maximum Gasteiger partial charge on any atom is 0.0897 e. The molecule has 1 fully saturated rings. The summed E-state index contributed by atoms with van der Waals surface area (Å²) in [5, 5.41) is 3.20. The van der Waals surface area contributed by atoms with E-state index in [0.29, 0.717) is 6.10 Å². The standard InChI is InChI=1S/C11H19N3OS/c1-7-3-4-11(15-7)10(14-12)5-9-6-16-8(2)13-9/h6-7,10-11,14H,3-5,12H2,1-2H3. The monoisotopic (exact) mass is 241 g/mol. The molecule has 3 unspecified atom stereocenters. The second-order valence-corrected chi connectivity index (χ2v) is 5.46. The molecule has 1 aromatic rings. The lowest BCUT2D eigenvalue weighted by Gasteiger charge is -2.21. The summed E-state index contributed by atoms with van der Waals surface area (Å²) < 4.78 is 5.83. The molecule has 3 N–H and O–H groups in total. The van der Waals surface area contributed by atoms with E-state index in [4.69, 9.17) is 10.6 Å². The highest BCUT2D eigenvalue weighted by Gasteiger charge is 2.29. The number of hydrogen-bond acceptors (Lipinski definition) is 5. The van der Waals surface area contributed by atoms with Gasteiger partial charge >= 0.3 is 0 Å². The van der Waals surface area contributed by atoms with Crippen LogP contribution in [-0.2, 0) is 11.2 Å². The van der Waals surface area contributed by atoms with Crippen molar-refractivity contribution in [1.29, 1.82) is 0 Å². The highest BCUT2D eigenvalue weighted by Crippen LogP contribution is 2.23. The molecule has 5 heteroatoms. The van der Waals surface area contributed by atoms with Gasteiger partial charge in [-0.2, -0.15) is 0 Å². The minimum Gasteiger partial charge on any atom is -0.374 e. The second kappa shape index (κ2) is 5.23. The zero-order chi connectivity index (χ0) is 11.5. The first-order valence-electron chi connectivity index (χ1n) is 5.71. The molecule has 3 atom stereocenters. The second-order valence-electron chi connectivity index (χ2n) is 4.40. The number of nitrogens with two attached hydrogens (primary N) is 1. The Labute approximate surface area is 100 Å². The van der Waals surface area contributed by atoms with Crippen LogP contribution < -0.4 is 11.3 Å². The van der Waals surface area contributed by atoms with E-state index in [1.807, 2.05) is 6.92 Å². The molecule has 16 heavy (non-hydrogen) atoms. The quantitative estimate of drug-likeness (QED) is 0.618. The summed E-state index contributed by atoms with van der Waals surface area (Å²) in [6.07, 6.45) is 3.64. The van der Waals surface area contributed by atoms with E-state index in [-0.39, 0.29) is 12.1 Å². The van der Waals surface area contributed by atoms with Crippen molar-refractivity contribution in [3.8, 4) is 0 Å². The van der Waals surface area contributed by atoms with Gasteiger partial charge in [-0.25, -0.2) is 4.98 Å². The summed E-state index contributed by atoms with van der Waals surface area (Å²) in [4.78, 5) is 4.46. The number of hydrogen-bond donors (Lipinski definition) is 2. The Bertz CT molecular complexity index is 342. The lowest BCUT2D eigenvalue weighted by atomic mass is 10.0. The number of nitrogens with zero attached hydrogens (tertiary/aromatic N) is 1. The zero-order valence-electron chi connectivity index (χ0n) is 9.77. The lowest BCUT2D eigenvalue weighted by molar-refractivity contribution is 0.0319. The van der Waals surface area contributed by atoms with E-state index in [9.17, 15) is 0 Å². The van der Waals surface area contributed by atoms with Gasteiger partial charge in [0, 0.05) is 11.8 Å². The smallest absolute Gasteiger partial charge is 0.0897 e. The van der Waals surface area contributed by atoms with E-state index < -0.39 is 0 Å². The Kier molecular flexibility index (Phi) is 3.91. The summed E-state index contributed by atoms with van der Waals surface area (Å²) in [5.74, 6) is 5.60. The summed E-state index contributed by atoms with van der Waals surface area (Å²) >= 11 is 1.68. The number of hydrazine groups is 1. The van der Waals surface area contributed by atoms with Gasteiger partial charge < -0.3 is 4.74 Å². The molecular weight excluding hydrogens is 222 g/mol. The van der Waals surface area contributed by atoms with Gasteiger partial charge in [-0.1, -0.05) is 0 Å². The first-order valence-corrected chi connectivity index (χ1v) is 6.59. The summed E-state index contributed by atoms with van der Waals surface area (Å²) in [5.41, 5.74) is 3.97. The Balaban J connectivity index is 1.95. The average molecular weight is 241 g/mol. The van der Waals surface area contributed by atoms with Gasteiger partial charge in [0.15, 0.2) is 0 Å². The molecule has 2 heterocycles. The van der Waals surface area contributed by atoms with E-state index >= 15 is 0 Å². The van der Waals surface area contributed by atoms with Crippen molar-refractivity contribution in [1.82, 2.24) is 10.4 Å². The van der Waals surface area contributed by atoms with Gasteiger partial charge in [-0.05, 0) is 26.7 Å². The zero-order valence-corrected chi connectivity index (χ0v) is 10.6. The van der Waals surface area contributed by atoms with Crippen molar-refractivity contribution < 1.29 is 4.74 Å². The Hall–Kier alpha value is -0.490. The topological polar surface area (TPSA) is 60.2 Å². The van der Waals surface area contributed by atoms with Crippen LogP contribution in [0.15, 0.2) is 5.38 Å². The third kappa shape index (κ3) is 2.79. The number of aromatic nitrogens is 1. The van der Waals surface area contributed by atoms with Crippen molar-refractivity contribution in [2.75, 3.05) is 0 Å². The van der Waals surface area contributed by atoms with E-state index in [2.05, 4.69) is 22.7 Å². The normalized spacial score (nSPS) is 27.2. The highest BCUT2D eigenvalue weighted by atomic mass is 32.1. The number of ether oxygens (including phenoxy) is 1. The number of nitrogens with one attached hydrogen (secondary N) is 1. The predicted octanol–water partition coefficient (Wildman–Crippen LogP) is 1.39. The van der Waals surface area contributed by atoms with Crippen molar-refractivity contribution in [2.24, 2.45) is 5.84 Å². The largest absolute Gasteiger partial charge is 0.374 e. The fourth-order valence-corrected chi connectivity index (χ4v) is 2.78. The van der Waals surface area contributed by atoms with Gasteiger partial charge in [0.05, 0.1) is 29.0 Å². The molecule has 0 saturated carbocycles. The molecule has 0 amide bonds. The molecule has 4 nitrogen and oxygen atoms in total. The third-order valence-electron chi connectivity index (χ3n) is 3.02. The number of rotatable bonds is 4. The summed E-state index contributed by atoms with van der Waals surface area (Å²) in [6.45, 7) is 4.13. The van der Waals surface area contributed by atoms with Crippen LogP contribution in [0.3, 0.4) is 0 Å². The number of aryl methyl sites for hydroxylation is 1. The lowest BCUT2D eigenvalue weighted by Crippen LogP contribution is -2.45. The number of thiazole rings is 1. The molecule has 0 bridgehead atoms. The maximum atomic E-state index is 5.83. The maximum absolute atomic E-state index is 5.83. The van der Waals surface area contributed by atoms with E-state index in [1.54, 1.807) is 11.3 Å². The van der Waals surface area contributed by atoms with Crippen LogP contribution in [0.2, 0.25) is 0 Å². The van der Waals surface area contributed by atoms with Crippen LogP contribution >= 0.6 is 11.3 Å². The first kappa shape index (κ1) is 12.0. The van der Waals surface area contributed by atoms with Crippen LogP contribution in [0.5, 0.6) is 0 Å². The molecule has 0 radical (unpaired) electrons. The van der Waals surface area contributed by atoms with Crippen LogP contribution in [0.1, 0.15) is 30.5 Å². The van der Waals surface area contributed by atoms with Crippen LogP contribution in [0.25, 0.3) is 0 Å². The van der Waals surface area contributed by atoms with Gasteiger partial charge in [-0.3, -0.25) is 11.3 Å². The van der Waals surface area contributed by atoms with Gasteiger partial charge in [-0.15, -0.1) is 11.3 Å². The summed E-state index contributed by atoms with van der Waals surface area (Å²) in [7, 11) is 0. The summed E-state index contributed by atoms with van der Waals surface area (Å²) in [6, 6.07) is 0.173. The highest BCUT2D eigenvalue weighted by molar-refractivity contribution is 7.09. The average Bonchev–Trinajstić information content (AvgIpc) is 2.84. The molecule has 0 aliphatic carbocycles. The molecule has 2 rings (SSSR count). The van der Waals surface area contributed by atoms with E-state index in [1.165, 1.54) is 0 Å². The molecule has 0 aromatic carbocycles. The minimum absolute atomic E-state index is 0.173. The van der Waals surface area contributed by atoms with Crippen LogP contribution in [-0.4, -0.2) is 23.2 Å². The minimum atomic E-state index is 0.173. The molecule has 1 aliphatic heterocycles. The molecule has 0 spiro atoms. The van der Waals surface area contributed by atoms with E-state index in [0.717, 1.165) is 30.0 Å². The van der Waals surface area contributed by atoms with Crippen LogP contribution in [0.4, 0.5) is 0 Å². The Morgan fingerprint density at radius 1 is 1.69 bits per heavy atom. The van der Waals surface area contributed by atoms with Crippen molar-refractivity contribution in [3.63, 3.8) is 0 Å².